The molecule has 1 unspecified atom stereocenters. The van der Waals surface area contributed by atoms with Gasteiger partial charge in [0.1, 0.15) is 0 Å². The van der Waals surface area contributed by atoms with E-state index in [1.165, 1.54) is 0 Å². The second-order valence-corrected chi connectivity index (χ2v) is 6.28. The second-order valence-electron chi connectivity index (χ2n) is 5.68. The third-order valence-corrected chi connectivity index (χ3v) is 3.68. The van der Waals surface area contributed by atoms with E-state index in [-0.39, 0.29) is 0 Å². The van der Waals surface area contributed by atoms with Crippen LogP contribution in [0.3, 0.4) is 0 Å². The van der Waals surface area contributed by atoms with Crippen LogP contribution in [-0.4, -0.2) is 39.9 Å². The summed E-state index contributed by atoms with van der Waals surface area (Å²) in [6.45, 7) is 18.2. The average molecular weight is 246 g/mol. The van der Waals surface area contributed by atoms with Gasteiger partial charge in [0.2, 0.25) is 0 Å². The lowest BCUT2D eigenvalue weighted by atomic mass is 10.2. The van der Waals surface area contributed by atoms with Gasteiger partial charge in [-0.1, -0.05) is 0 Å². The average Bonchev–Trinajstić information content (AvgIpc) is 1.99. The standard InChI is InChI=1S/C13H31N2P/c1-9(2)14(10(3)4)13(16)15(11(5)6)12(7)8/h9-13H,16H2,1-8H3. The summed E-state index contributed by atoms with van der Waals surface area (Å²) in [6, 6.07) is 2.29. The zero-order valence-corrected chi connectivity index (χ0v) is 13.5. The Morgan fingerprint density at radius 1 is 0.562 bits per heavy atom. The fourth-order valence-corrected chi connectivity index (χ4v) is 3.95. The molecule has 0 saturated carbocycles. The summed E-state index contributed by atoms with van der Waals surface area (Å²) in [6.07, 6.45) is 0. The predicted molar refractivity (Wildman–Crippen MR) is 77.7 cm³/mol. The third-order valence-electron chi connectivity index (χ3n) is 3.00. The van der Waals surface area contributed by atoms with Gasteiger partial charge in [-0.3, -0.25) is 9.80 Å². The molecule has 0 bridgehead atoms. The number of rotatable bonds is 6. The van der Waals surface area contributed by atoms with Crippen LogP contribution in [0, 0.1) is 0 Å². The van der Waals surface area contributed by atoms with Gasteiger partial charge in [-0.15, -0.1) is 9.24 Å². The molecule has 1 atom stereocenters. The van der Waals surface area contributed by atoms with Crippen LogP contribution in [0.5, 0.6) is 0 Å². The summed E-state index contributed by atoms with van der Waals surface area (Å²) < 4.78 is 0. The van der Waals surface area contributed by atoms with E-state index >= 15 is 0 Å². The summed E-state index contributed by atoms with van der Waals surface area (Å²) in [5, 5.41) is 0. The molecule has 0 aliphatic heterocycles. The Bertz CT molecular complexity index is 154. The molecule has 0 rings (SSSR count). The number of hydrogen-bond donors (Lipinski definition) is 0. The molecule has 98 valence electrons. The molecule has 0 saturated heterocycles. The van der Waals surface area contributed by atoms with Gasteiger partial charge in [0.15, 0.2) is 0 Å². The number of hydrogen-bond acceptors (Lipinski definition) is 2. The van der Waals surface area contributed by atoms with E-state index in [1.54, 1.807) is 0 Å². The Balaban J connectivity index is 4.88. The minimum atomic E-state index is 0.417. The normalized spacial score (nSPS) is 13.5. The molecular formula is C13H31N2P. The van der Waals surface area contributed by atoms with E-state index in [4.69, 9.17) is 0 Å². The maximum Gasteiger partial charge on any atom is 0.0773 e. The highest BCUT2D eigenvalue weighted by molar-refractivity contribution is 7.17. The van der Waals surface area contributed by atoms with Crippen molar-refractivity contribution in [3.05, 3.63) is 0 Å². The van der Waals surface area contributed by atoms with E-state index < -0.39 is 0 Å². The minimum Gasteiger partial charge on any atom is -0.280 e. The second kappa shape index (κ2) is 6.93. The van der Waals surface area contributed by atoms with E-state index in [0.717, 1.165) is 0 Å². The largest absolute Gasteiger partial charge is 0.280 e. The van der Waals surface area contributed by atoms with Gasteiger partial charge in [-0.05, 0) is 55.4 Å². The molecule has 3 heteroatoms. The summed E-state index contributed by atoms with van der Waals surface area (Å²) in [7, 11) is 3.01. The third kappa shape index (κ3) is 4.31. The van der Waals surface area contributed by atoms with Gasteiger partial charge in [0.25, 0.3) is 0 Å². The van der Waals surface area contributed by atoms with Crippen LogP contribution in [0.25, 0.3) is 0 Å². The highest BCUT2D eigenvalue weighted by Gasteiger charge is 2.28. The predicted octanol–water partition coefficient (Wildman–Crippen LogP) is 3.38. The zero-order chi connectivity index (χ0) is 13.0. The monoisotopic (exact) mass is 246 g/mol. The van der Waals surface area contributed by atoms with Gasteiger partial charge in [0.05, 0.1) is 5.91 Å². The van der Waals surface area contributed by atoms with Crippen molar-refractivity contribution < 1.29 is 0 Å². The lowest BCUT2D eigenvalue weighted by Crippen LogP contribution is -2.55. The summed E-state index contributed by atoms with van der Waals surface area (Å²) in [4.78, 5) is 5.09. The first-order valence-corrected chi connectivity index (χ1v) is 7.17. The van der Waals surface area contributed by atoms with Crippen molar-refractivity contribution in [3.63, 3.8) is 0 Å². The van der Waals surface area contributed by atoms with Gasteiger partial charge < -0.3 is 0 Å². The molecule has 0 aromatic rings. The molecule has 0 aromatic carbocycles. The van der Waals surface area contributed by atoms with Crippen molar-refractivity contribution in [1.29, 1.82) is 0 Å². The highest BCUT2D eigenvalue weighted by atomic mass is 31.0. The summed E-state index contributed by atoms with van der Waals surface area (Å²) in [5.41, 5.74) is 0. The molecule has 0 amide bonds. The van der Waals surface area contributed by atoms with Crippen LogP contribution in [0.4, 0.5) is 0 Å². The van der Waals surface area contributed by atoms with Crippen LogP contribution < -0.4 is 0 Å². The van der Waals surface area contributed by atoms with Crippen LogP contribution in [0.2, 0.25) is 0 Å². The Kier molecular flexibility index (Phi) is 7.09. The maximum absolute atomic E-state index is 3.01. The first kappa shape index (κ1) is 16.4. The molecule has 0 aliphatic rings. The minimum absolute atomic E-state index is 0.417. The summed E-state index contributed by atoms with van der Waals surface area (Å²) >= 11 is 0. The van der Waals surface area contributed by atoms with Crippen LogP contribution in [0.1, 0.15) is 55.4 Å². The van der Waals surface area contributed by atoms with Crippen LogP contribution in [0.15, 0.2) is 0 Å². The smallest absolute Gasteiger partial charge is 0.0773 e. The highest BCUT2D eigenvalue weighted by Crippen LogP contribution is 2.23. The zero-order valence-electron chi connectivity index (χ0n) is 12.4. The van der Waals surface area contributed by atoms with Gasteiger partial charge in [0, 0.05) is 24.2 Å². The number of nitrogens with zero attached hydrogens (tertiary/aromatic N) is 2. The molecule has 0 aliphatic carbocycles. The molecule has 2 nitrogen and oxygen atoms in total. The van der Waals surface area contributed by atoms with Crippen LogP contribution in [-0.2, 0) is 0 Å². The Labute approximate surface area is 105 Å². The molecule has 16 heavy (non-hydrogen) atoms. The van der Waals surface area contributed by atoms with Crippen LogP contribution >= 0.6 is 9.24 Å². The van der Waals surface area contributed by atoms with Gasteiger partial charge in [-0.25, -0.2) is 0 Å². The topological polar surface area (TPSA) is 6.48 Å². The first-order chi connectivity index (χ1) is 7.20. The van der Waals surface area contributed by atoms with Crippen molar-refractivity contribution in [2.45, 2.75) is 85.5 Å². The first-order valence-electron chi connectivity index (χ1n) is 6.50. The molecule has 0 N–H and O–H groups in total. The van der Waals surface area contributed by atoms with Crippen molar-refractivity contribution in [2.75, 3.05) is 0 Å². The fourth-order valence-electron chi connectivity index (χ4n) is 2.57. The molecule has 0 spiro atoms. The Hall–Kier alpha value is 0.350. The molecule has 0 radical (unpaired) electrons. The van der Waals surface area contributed by atoms with Gasteiger partial charge in [-0.2, -0.15) is 0 Å². The molecule has 0 fully saturated rings. The molecule has 0 heterocycles. The van der Waals surface area contributed by atoms with Gasteiger partial charge >= 0.3 is 0 Å². The van der Waals surface area contributed by atoms with E-state index in [9.17, 15) is 0 Å². The SMILES string of the molecule is CC(C)N(C(C)C)C(P)N(C(C)C)C(C)C. The molecule has 0 aromatic heterocycles. The lowest BCUT2D eigenvalue weighted by molar-refractivity contribution is 0.0166. The maximum atomic E-state index is 3.01. The Morgan fingerprint density at radius 2 is 0.750 bits per heavy atom. The van der Waals surface area contributed by atoms with E-state index in [0.29, 0.717) is 30.1 Å². The lowest BCUT2D eigenvalue weighted by Gasteiger charge is -2.45. The molecular weight excluding hydrogens is 215 g/mol. The van der Waals surface area contributed by atoms with Crippen molar-refractivity contribution in [2.24, 2.45) is 0 Å². The van der Waals surface area contributed by atoms with Crippen molar-refractivity contribution in [3.8, 4) is 0 Å². The van der Waals surface area contributed by atoms with Crippen molar-refractivity contribution in [1.82, 2.24) is 9.80 Å². The summed E-state index contributed by atoms with van der Waals surface area (Å²) in [5.74, 6) is 0.417. The van der Waals surface area contributed by atoms with Crippen molar-refractivity contribution >= 4 is 9.24 Å². The Morgan fingerprint density at radius 3 is 0.875 bits per heavy atom. The fraction of sp³-hybridized carbons (Fsp3) is 1.00. The van der Waals surface area contributed by atoms with E-state index in [2.05, 4.69) is 74.4 Å². The van der Waals surface area contributed by atoms with E-state index in [1.807, 2.05) is 0 Å². The quantitative estimate of drug-likeness (QED) is 0.523.